The van der Waals surface area contributed by atoms with Gasteiger partial charge in [-0.2, -0.15) is 0 Å². The maximum Gasteiger partial charge on any atom is 0.143 e. The Bertz CT molecular complexity index is 822. The molecule has 5 heteroatoms. The molecule has 3 nitrogen and oxygen atoms in total. The Morgan fingerprint density at radius 3 is 2.78 bits per heavy atom. The minimum absolute atomic E-state index is 0.0957. The molecule has 0 N–H and O–H groups in total. The zero-order valence-electron chi connectivity index (χ0n) is 13.0. The Labute approximate surface area is 149 Å². The van der Waals surface area contributed by atoms with E-state index in [4.69, 9.17) is 21.3 Å². The average molecular weight is 394 g/mol. The maximum atomic E-state index is 6.18. The van der Waals surface area contributed by atoms with Crippen molar-refractivity contribution in [1.82, 2.24) is 0 Å². The lowest BCUT2D eigenvalue weighted by molar-refractivity contribution is 0.243. The van der Waals surface area contributed by atoms with Crippen LogP contribution in [0.15, 0.2) is 51.9 Å². The summed E-state index contributed by atoms with van der Waals surface area (Å²) in [7, 11) is 0. The number of benzene rings is 2. The highest BCUT2D eigenvalue weighted by molar-refractivity contribution is 9.10. The van der Waals surface area contributed by atoms with E-state index < -0.39 is 0 Å². The Morgan fingerprint density at radius 2 is 2.04 bits per heavy atom. The molecule has 0 fully saturated rings. The van der Waals surface area contributed by atoms with Gasteiger partial charge in [0.1, 0.15) is 11.9 Å². The molecule has 23 heavy (non-hydrogen) atoms. The fourth-order valence-corrected chi connectivity index (χ4v) is 3.12. The molecule has 2 aromatic carbocycles. The van der Waals surface area contributed by atoms with Gasteiger partial charge in [-0.25, -0.2) is 0 Å². The maximum absolute atomic E-state index is 6.18. The minimum Gasteiger partial charge on any atom is -0.489 e. The van der Waals surface area contributed by atoms with Crippen LogP contribution < -0.4 is 20.2 Å². The molecule has 0 spiro atoms. The number of fused-ring (bicyclic) bond motifs is 1. The van der Waals surface area contributed by atoms with Gasteiger partial charge in [0.15, 0.2) is 0 Å². The van der Waals surface area contributed by atoms with Crippen molar-refractivity contribution < 1.29 is 4.74 Å². The average Bonchev–Trinajstić information content (AvgIpc) is 2.55. The highest BCUT2D eigenvalue weighted by Gasteiger charge is 2.22. The third kappa shape index (κ3) is 3.54. The van der Waals surface area contributed by atoms with Gasteiger partial charge in [0.2, 0.25) is 0 Å². The number of anilines is 1. The number of nitrogens with zero attached hydrogens (tertiary/aromatic N) is 2. The quantitative estimate of drug-likeness (QED) is 0.740. The first kappa shape index (κ1) is 16.3. The molecule has 0 saturated heterocycles. The number of hydrogen-bond donors (Lipinski definition) is 0. The van der Waals surface area contributed by atoms with Crippen molar-refractivity contribution in [3.05, 3.63) is 57.5 Å². The van der Waals surface area contributed by atoms with E-state index in [0.717, 1.165) is 26.5 Å². The van der Waals surface area contributed by atoms with Gasteiger partial charge in [-0.05, 0) is 38.1 Å². The van der Waals surface area contributed by atoms with Crippen molar-refractivity contribution in [1.29, 1.82) is 0 Å². The summed E-state index contributed by atoms with van der Waals surface area (Å²) in [5.41, 5.74) is 0.956. The molecule has 1 aliphatic rings. The zero-order chi connectivity index (χ0) is 16.4. The second-order valence-electron chi connectivity index (χ2n) is 5.64. The van der Waals surface area contributed by atoms with Gasteiger partial charge in [-0.15, -0.1) is 11.6 Å². The molecule has 0 aromatic heterocycles. The first-order valence-electron chi connectivity index (χ1n) is 7.53. The van der Waals surface area contributed by atoms with Crippen LogP contribution in [0, 0.1) is 0 Å². The third-order valence-corrected chi connectivity index (χ3v) is 4.29. The summed E-state index contributed by atoms with van der Waals surface area (Å²) in [4.78, 5) is 6.84. The molecule has 1 atom stereocenters. The molecular weight excluding hydrogens is 376 g/mol. The lowest BCUT2D eigenvalue weighted by Crippen LogP contribution is -2.43. The van der Waals surface area contributed by atoms with Gasteiger partial charge in [-0.1, -0.05) is 34.1 Å². The van der Waals surface area contributed by atoms with Crippen LogP contribution in [0.3, 0.4) is 0 Å². The molecule has 0 aliphatic carbocycles. The number of alkyl halides is 1. The molecule has 1 heterocycles. The van der Waals surface area contributed by atoms with Crippen LogP contribution in [0.1, 0.15) is 13.8 Å². The Hall–Kier alpha value is -1.52. The fraction of sp³-hybridized carbons (Fsp3) is 0.278. The molecule has 1 unspecified atom stereocenters. The van der Waals surface area contributed by atoms with Crippen molar-refractivity contribution in [3.8, 4) is 5.75 Å². The lowest BCUT2D eigenvalue weighted by atomic mass is 10.2. The summed E-state index contributed by atoms with van der Waals surface area (Å²) >= 11 is 9.72. The van der Waals surface area contributed by atoms with Crippen LogP contribution in [-0.2, 0) is 0 Å². The Kier molecular flexibility index (Phi) is 4.93. The summed E-state index contributed by atoms with van der Waals surface area (Å²) < 4.78 is 6.96. The predicted octanol–water partition coefficient (Wildman–Crippen LogP) is 3.68. The van der Waals surface area contributed by atoms with Crippen LogP contribution in [0.5, 0.6) is 5.75 Å². The van der Waals surface area contributed by atoms with Crippen LogP contribution >= 0.6 is 27.5 Å². The summed E-state index contributed by atoms with van der Waals surface area (Å²) in [5.74, 6) is 1.22. The molecule has 120 valence electrons. The number of hydrogen-bond acceptors (Lipinski definition) is 3. The van der Waals surface area contributed by atoms with E-state index in [2.05, 4.69) is 33.1 Å². The van der Waals surface area contributed by atoms with E-state index in [1.54, 1.807) is 0 Å². The van der Waals surface area contributed by atoms with Crippen molar-refractivity contribution in [3.63, 3.8) is 0 Å². The second-order valence-corrected chi connectivity index (χ2v) is 6.86. The van der Waals surface area contributed by atoms with Crippen LogP contribution in [0.25, 0.3) is 6.20 Å². The molecule has 0 radical (unpaired) electrons. The monoisotopic (exact) mass is 392 g/mol. The molecule has 0 saturated carbocycles. The lowest BCUT2D eigenvalue weighted by Gasteiger charge is -2.30. The Morgan fingerprint density at radius 1 is 1.26 bits per heavy atom. The summed E-state index contributed by atoms with van der Waals surface area (Å²) in [6, 6.07) is 14.1. The third-order valence-electron chi connectivity index (χ3n) is 3.52. The predicted molar refractivity (Wildman–Crippen MR) is 98.6 cm³/mol. The number of halogens is 2. The van der Waals surface area contributed by atoms with E-state index in [0.29, 0.717) is 5.88 Å². The van der Waals surface area contributed by atoms with E-state index in [9.17, 15) is 0 Å². The van der Waals surface area contributed by atoms with Gasteiger partial charge >= 0.3 is 0 Å². The van der Waals surface area contributed by atoms with Crippen LogP contribution in [-0.4, -0.2) is 18.1 Å². The normalized spacial score (nSPS) is 16.6. The number of ether oxygens (including phenoxy) is 1. The summed E-state index contributed by atoms with van der Waals surface area (Å²) in [6.45, 7) is 4.04. The molecule has 3 rings (SSSR count). The molecule has 0 amide bonds. The standard InChI is InChI=1S/C18H18BrClN2O/c1-12(2)23-17-8-7-14(19)9-16(17)22-11-13-5-3-4-6-15(13)21-18(22)10-20/h3-9,11-12,18H,10H2,1-2H3. The van der Waals surface area contributed by atoms with Crippen LogP contribution in [0.4, 0.5) is 5.69 Å². The highest BCUT2D eigenvalue weighted by Crippen LogP contribution is 2.34. The van der Waals surface area contributed by atoms with Gasteiger partial charge in [-0.3, -0.25) is 4.99 Å². The molecule has 0 bridgehead atoms. The van der Waals surface area contributed by atoms with Gasteiger partial charge in [0, 0.05) is 15.9 Å². The SMILES string of the molecule is CC(C)Oc1ccc(Br)cc1N1C=c2ccccc2=NC1CCl. The Balaban J connectivity index is 2.13. The first-order valence-corrected chi connectivity index (χ1v) is 8.86. The topological polar surface area (TPSA) is 24.8 Å². The van der Waals surface area contributed by atoms with Crippen LogP contribution in [0.2, 0.25) is 0 Å². The van der Waals surface area contributed by atoms with Gasteiger partial charge < -0.3 is 9.64 Å². The van der Waals surface area contributed by atoms with E-state index in [1.807, 2.05) is 50.2 Å². The molecule has 1 aliphatic heterocycles. The number of rotatable bonds is 4. The fourth-order valence-electron chi connectivity index (χ4n) is 2.56. The first-order chi connectivity index (χ1) is 11.1. The molecular formula is C18H18BrClN2O. The van der Waals surface area contributed by atoms with E-state index in [-0.39, 0.29) is 12.3 Å². The van der Waals surface area contributed by atoms with Gasteiger partial charge in [0.25, 0.3) is 0 Å². The zero-order valence-corrected chi connectivity index (χ0v) is 15.4. The van der Waals surface area contributed by atoms with Crippen molar-refractivity contribution in [2.45, 2.75) is 26.1 Å². The van der Waals surface area contributed by atoms with E-state index >= 15 is 0 Å². The largest absolute Gasteiger partial charge is 0.489 e. The molecule has 2 aromatic rings. The van der Waals surface area contributed by atoms with Crippen molar-refractivity contribution >= 4 is 39.4 Å². The summed E-state index contributed by atoms with van der Waals surface area (Å²) in [5, 5.41) is 2.04. The van der Waals surface area contributed by atoms with Crippen molar-refractivity contribution in [2.75, 3.05) is 10.8 Å². The number of para-hydroxylation sites is 1. The summed E-state index contributed by atoms with van der Waals surface area (Å²) in [6.07, 6.45) is 2.03. The minimum atomic E-state index is -0.157. The second kappa shape index (κ2) is 6.93. The smallest absolute Gasteiger partial charge is 0.143 e. The highest BCUT2D eigenvalue weighted by atomic mass is 79.9. The van der Waals surface area contributed by atoms with E-state index in [1.165, 1.54) is 0 Å². The van der Waals surface area contributed by atoms with Crippen molar-refractivity contribution in [2.24, 2.45) is 4.99 Å². The van der Waals surface area contributed by atoms with Gasteiger partial charge in [0.05, 0.1) is 23.0 Å².